The first-order valence-electron chi connectivity index (χ1n) is 6.52. The van der Waals surface area contributed by atoms with Crippen molar-refractivity contribution in [1.29, 1.82) is 0 Å². The van der Waals surface area contributed by atoms with Crippen LogP contribution >= 0.6 is 0 Å². The molecule has 0 N–H and O–H groups in total. The summed E-state index contributed by atoms with van der Waals surface area (Å²) in [5, 5.41) is 0. The summed E-state index contributed by atoms with van der Waals surface area (Å²) < 4.78 is 5.53. The molecule has 20 heavy (non-hydrogen) atoms. The van der Waals surface area contributed by atoms with E-state index in [2.05, 4.69) is 6.58 Å². The van der Waals surface area contributed by atoms with Gasteiger partial charge in [-0.15, -0.1) is 0 Å². The van der Waals surface area contributed by atoms with Crippen molar-refractivity contribution in [3.63, 3.8) is 0 Å². The molecule has 2 unspecified atom stereocenters. The standard InChI is InChI=1S/C17H15NO2/c1-2-18-15(13-9-5-3-6-10-13)16(20-17(18)19)14-11-7-4-8-12-14/h2-12,15-16H,1H2. The molecule has 100 valence electrons. The molecule has 0 saturated carbocycles. The number of carbonyl (C=O) groups is 1. The van der Waals surface area contributed by atoms with Gasteiger partial charge in [-0.2, -0.15) is 0 Å². The van der Waals surface area contributed by atoms with Crippen LogP contribution in [-0.2, 0) is 4.74 Å². The molecule has 1 amide bonds. The minimum absolute atomic E-state index is 0.177. The number of cyclic esters (lactones) is 1. The maximum absolute atomic E-state index is 12.0. The zero-order valence-corrected chi connectivity index (χ0v) is 11.0. The van der Waals surface area contributed by atoms with Crippen LogP contribution in [0.3, 0.4) is 0 Å². The predicted molar refractivity (Wildman–Crippen MR) is 76.9 cm³/mol. The summed E-state index contributed by atoms with van der Waals surface area (Å²) in [7, 11) is 0. The second-order valence-electron chi connectivity index (χ2n) is 4.66. The lowest BCUT2D eigenvalue weighted by atomic mass is 9.96. The molecule has 2 aromatic rings. The maximum Gasteiger partial charge on any atom is 0.415 e. The van der Waals surface area contributed by atoms with Crippen molar-refractivity contribution < 1.29 is 9.53 Å². The largest absolute Gasteiger partial charge is 0.438 e. The van der Waals surface area contributed by atoms with E-state index in [1.54, 1.807) is 4.90 Å². The minimum Gasteiger partial charge on any atom is -0.438 e. The third kappa shape index (κ3) is 2.07. The molecule has 1 aliphatic rings. The van der Waals surface area contributed by atoms with Gasteiger partial charge in [-0.05, 0) is 11.1 Å². The van der Waals surface area contributed by atoms with Crippen molar-refractivity contribution in [2.24, 2.45) is 0 Å². The van der Waals surface area contributed by atoms with Crippen LogP contribution in [0.2, 0.25) is 0 Å². The van der Waals surface area contributed by atoms with Crippen LogP contribution in [0.15, 0.2) is 73.4 Å². The Balaban J connectivity index is 2.05. The molecular formula is C17H15NO2. The lowest BCUT2D eigenvalue weighted by Gasteiger charge is -2.22. The monoisotopic (exact) mass is 265 g/mol. The fourth-order valence-electron chi connectivity index (χ4n) is 2.56. The summed E-state index contributed by atoms with van der Waals surface area (Å²) in [5.74, 6) is 0. The van der Waals surface area contributed by atoms with Gasteiger partial charge in [-0.25, -0.2) is 4.79 Å². The highest BCUT2D eigenvalue weighted by Gasteiger charge is 2.42. The Morgan fingerprint density at radius 2 is 1.50 bits per heavy atom. The van der Waals surface area contributed by atoms with E-state index in [9.17, 15) is 4.79 Å². The van der Waals surface area contributed by atoms with E-state index in [4.69, 9.17) is 4.74 Å². The highest BCUT2D eigenvalue weighted by Crippen LogP contribution is 2.42. The van der Waals surface area contributed by atoms with Gasteiger partial charge in [0.15, 0.2) is 6.10 Å². The van der Waals surface area contributed by atoms with E-state index in [1.807, 2.05) is 60.7 Å². The molecular weight excluding hydrogens is 250 g/mol. The number of nitrogens with zero attached hydrogens (tertiary/aromatic N) is 1. The van der Waals surface area contributed by atoms with E-state index in [0.29, 0.717) is 0 Å². The van der Waals surface area contributed by atoms with Crippen molar-refractivity contribution in [2.45, 2.75) is 12.1 Å². The number of rotatable bonds is 3. The van der Waals surface area contributed by atoms with Crippen molar-refractivity contribution in [2.75, 3.05) is 0 Å². The van der Waals surface area contributed by atoms with Gasteiger partial charge >= 0.3 is 6.09 Å². The Morgan fingerprint density at radius 3 is 2.05 bits per heavy atom. The van der Waals surface area contributed by atoms with Crippen LogP contribution in [0.4, 0.5) is 4.79 Å². The van der Waals surface area contributed by atoms with E-state index >= 15 is 0 Å². The first-order chi connectivity index (χ1) is 9.81. The molecule has 2 aromatic carbocycles. The first kappa shape index (κ1) is 12.5. The summed E-state index contributed by atoms with van der Waals surface area (Å²) >= 11 is 0. The third-order valence-electron chi connectivity index (χ3n) is 3.49. The van der Waals surface area contributed by atoms with E-state index in [1.165, 1.54) is 6.20 Å². The number of ether oxygens (including phenoxy) is 1. The molecule has 0 bridgehead atoms. The fourth-order valence-corrected chi connectivity index (χ4v) is 2.56. The van der Waals surface area contributed by atoms with Gasteiger partial charge in [0.25, 0.3) is 0 Å². The van der Waals surface area contributed by atoms with Gasteiger partial charge in [-0.3, -0.25) is 4.90 Å². The molecule has 2 atom stereocenters. The molecule has 1 heterocycles. The van der Waals surface area contributed by atoms with Crippen LogP contribution in [0.1, 0.15) is 23.3 Å². The van der Waals surface area contributed by atoms with E-state index in [0.717, 1.165) is 11.1 Å². The average Bonchev–Trinajstić information content (AvgIpc) is 2.85. The highest BCUT2D eigenvalue weighted by atomic mass is 16.6. The smallest absolute Gasteiger partial charge is 0.415 e. The lowest BCUT2D eigenvalue weighted by Crippen LogP contribution is -2.21. The van der Waals surface area contributed by atoms with E-state index in [-0.39, 0.29) is 18.2 Å². The molecule has 0 radical (unpaired) electrons. The summed E-state index contributed by atoms with van der Waals surface area (Å²) in [6, 6.07) is 19.5. The number of benzene rings is 2. The Kier molecular flexibility index (Phi) is 3.25. The Hall–Kier alpha value is -2.55. The molecule has 3 nitrogen and oxygen atoms in total. The van der Waals surface area contributed by atoms with Crippen molar-refractivity contribution in [3.05, 3.63) is 84.6 Å². The van der Waals surface area contributed by atoms with Gasteiger partial charge in [-0.1, -0.05) is 67.2 Å². The molecule has 0 aliphatic carbocycles. The zero-order valence-electron chi connectivity index (χ0n) is 11.0. The number of amides is 1. The molecule has 3 rings (SSSR count). The van der Waals surface area contributed by atoms with Gasteiger partial charge in [0.05, 0.1) is 0 Å². The molecule has 1 saturated heterocycles. The van der Waals surface area contributed by atoms with Gasteiger partial charge < -0.3 is 4.74 Å². The maximum atomic E-state index is 12.0. The predicted octanol–water partition coefficient (Wildman–Crippen LogP) is 4.06. The normalized spacial score (nSPS) is 21.6. The van der Waals surface area contributed by atoms with Gasteiger partial charge in [0, 0.05) is 6.20 Å². The molecule has 1 fully saturated rings. The molecule has 0 aromatic heterocycles. The van der Waals surface area contributed by atoms with Crippen LogP contribution in [0.5, 0.6) is 0 Å². The number of carbonyl (C=O) groups excluding carboxylic acids is 1. The van der Waals surface area contributed by atoms with Crippen molar-refractivity contribution in [3.8, 4) is 0 Å². The zero-order chi connectivity index (χ0) is 13.9. The summed E-state index contributed by atoms with van der Waals surface area (Å²) in [4.78, 5) is 13.6. The second kappa shape index (κ2) is 5.21. The van der Waals surface area contributed by atoms with Crippen LogP contribution in [0.25, 0.3) is 0 Å². The highest BCUT2D eigenvalue weighted by molar-refractivity contribution is 5.72. The summed E-state index contributed by atoms with van der Waals surface area (Å²) in [5.41, 5.74) is 2.02. The molecule has 1 aliphatic heterocycles. The van der Waals surface area contributed by atoms with Crippen molar-refractivity contribution in [1.82, 2.24) is 4.90 Å². The van der Waals surface area contributed by atoms with E-state index < -0.39 is 0 Å². The second-order valence-corrected chi connectivity index (χ2v) is 4.66. The molecule has 3 heteroatoms. The Morgan fingerprint density at radius 1 is 0.950 bits per heavy atom. The SMILES string of the molecule is C=CN1C(=O)OC(c2ccccc2)C1c1ccccc1. The lowest BCUT2D eigenvalue weighted by molar-refractivity contribution is 0.131. The Bertz CT molecular complexity index is 609. The average molecular weight is 265 g/mol. The first-order valence-corrected chi connectivity index (χ1v) is 6.52. The van der Waals surface area contributed by atoms with Gasteiger partial charge in [0.2, 0.25) is 0 Å². The van der Waals surface area contributed by atoms with Crippen LogP contribution in [-0.4, -0.2) is 11.0 Å². The van der Waals surface area contributed by atoms with Crippen molar-refractivity contribution >= 4 is 6.09 Å². The molecule has 0 spiro atoms. The Labute approximate surface area is 118 Å². The summed E-state index contributed by atoms with van der Waals surface area (Å²) in [6.07, 6.45) is 0.856. The summed E-state index contributed by atoms with van der Waals surface area (Å²) in [6.45, 7) is 3.72. The minimum atomic E-state index is -0.359. The quantitative estimate of drug-likeness (QED) is 0.837. The third-order valence-corrected chi connectivity index (χ3v) is 3.49. The van der Waals surface area contributed by atoms with Crippen LogP contribution in [0, 0.1) is 0 Å². The topological polar surface area (TPSA) is 29.5 Å². The van der Waals surface area contributed by atoms with Crippen LogP contribution < -0.4 is 0 Å². The number of hydrogen-bond acceptors (Lipinski definition) is 2. The fraction of sp³-hybridized carbons (Fsp3) is 0.118. The van der Waals surface area contributed by atoms with Gasteiger partial charge in [0.1, 0.15) is 6.04 Å². The number of hydrogen-bond donors (Lipinski definition) is 0.